The van der Waals surface area contributed by atoms with Crippen LogP contribution in [0.25, 0.3) is 0 Å². The molecule has 0 unspecified atom stereocenters. The van der Waals surface area contributed by atoms with Crippen LogP contribution in [-0.2, 0) is 27.3 Å². The van der Waals surface area contributed by atoms with Gasteiger partial charge in [0.1, 0.15) is 6.54 Å². The summed E-state index contributed by atoms with van der Waals surface area (Å²) >= 11 is 0. The summed E-state index contributed by atoms with van der Waals surface area (Å²) in [5, 5.41) is 2.66. The molecule has 0 spiro atoms. The number of hydrogen-bond donors (Lipinski definition) is 2. The van der Waals surface area contributed by atoms with Gasteiger partial charge < -0.3 is 10.1 Å². The largest absolute Gasteiger partial charge is 0.454 e. The zero-order valence-electron chi connectivity index (χ0n) is 13.8. The molecule has 132 valence electrons. The molecule has 0 aliphatic carbocycles. The third-order valence-corrected chi connectivity index (χ3v) is 3.54. The van der Waals surface area contributed by atoms with Crippen molar-refractivity contribution < 1.29 is 14.3 Å². The number of ether oxygens (including phenoxy) is 1. The van der Waals surface area contributed by atoms with Crippen LogP contribution in [0.3, 0.4) is 0 Å². The van der Waals surface area contributed by atoms with Crippen molar-refractivity contribution in [1.82, 2.24) is 14.9 Å². The van der Waals surface area contributed by atoms with Crippen molar-refractivity contribution in [2.24, 2.45) is 0 Å². The van der Waals surface area contributed by atoms with Crippen LogP contribution in [0.15, 0.2) is 46.1 Å². The molecular weight excluding hydrogens is 326 g/mol. The zero-order valence-corrected chi connectivity index (χ0v) is 13.8. The van der Waals surface area contributed by atoms with Gasteiger partial charge in [-0.15, -0.1) is 0 Å². The highest BCUT2D eigenvalue weighted by Crippen LogP contribution is 2.06. The number of carbonyl (C=O) groups is 2. The van der Waals surface area contributed by atoms with E-state index in [0.717, 1.165) is 21.8 Å². The molecule has 1 aromatic carbocycles. The lowest BCUT2D eigenvalue weighted by Gasteiger charge is -2.08. The van der Waals surface area contributed by atoms with Crippen molar-refractivity contribution in [3.63, 3.8) is 0 Å². The van der Waals surface area contributed by atoms with Crippen LogP contribution in [0, 0.1) is 6.92 Å². The normalized spacial score (nSPS) is 10.3. The van der Waals surface area contributed by atoms with E-state index < -0.39 is 29.7 Å². The Balaban J connectivity index is 1.72. The number of aromatic nitrogens is 2. The maximum Gasteiger partial charge on any atom is 0.328 e. The first-order valence-corrected chi connectivity index (χ1v) is 7.72. The summed E-state index contributed by atoms with van der Waals surface area (Å²) in [7, 11) is 0. The predicted molar refractivity (Wildman–Crippen MR) is 90.2 cm³/mol. The average Bonchev–Trinajstić information content (AvgIpc) is 2.57. The predicted octanol–water partition coefficient (Wildman–Crippen LogP) is -0.253. The molecule has 0 radical (unpaired) electrons. The lowest BCUT2D eigenvalue weighted by molar-refractivity contribution is -0.149. The third-order valence-electron chi connectivity index (χ3n) is 3.54. The van der Waals surface area contributed by atoms with Crippen LogP contribution < -0.4 is 16.6 Å². The molecule has 0 bridgehead atoms. The molecule has 1 heterocycles. The summed E-state index contributed by atoms with van der Waals surface area (Å²) in [5.41, 5.74) is 1.02. The van der Waals surface area contributed by atoms with Crippen molar-refractivity contribution >= 4 is 11.9 Å². The number of hydrogen-bond acceptors (Lipinski definition) is 5. The second-order valence-corrected chi connectivity index (χ2v) is 5.43. The number of benzene rings is 1. The Morgan fingerprint density at radius 1 is 1.20 bits per heavy atom. The van der Waals surface area contributed by atoms with E-state index in [9.17, 15) is 19.2 Å². The van der Waals surface area contributed by atoms with Crippen LogP contribution >= 0.6 is 0 Å². The van der Waals surface area contributed by atoms with Gasteiger partial charge >= 0.3 is 11.7 Å². The molecule has 8 nitrogen and oxygen atoms in total. The molecular formula is C17H19N3O5. The summed E-state index contributed by atoms with van der Waals surface area (Å²) in [6, 6.07) is 8.99. The van der Waals surface area contributed by atoms with Gasteiger partial charge in [-0.25, -0.2) is 4.79 Å². The van der Waals surface area contributed by atoms with Crippen LogP contribution in [0.2, 0.25) is 0 Å². The van der Waals surface area contributed by atoms with Gasteiger partial charge in [0.15, 0.2) is 6.61 Å². The van der Waals surface area contributed by atoms with E-state index >= 15 is 0 Å². The summed E-state index contributed by atoms with van der Waals surface area (Å²) < 4.78 is 5.80. The van der Waals surface area contributed by atoms with E-state index in [1.807, 2.05) is 36.2 Å². The lowest BCUT2D eigenvalue weighted by atomic mass is 10.1. The van der Waals surface area contributed by atoms with E-state index in [0.29, 0.717) is 13.0 Å². The lowest BCUT2D eigenvalue weighted by Crippen LogP contribution is -2.34. The van der Waals surface area contributed by atoms with Crippen molar-refractivity contribution in [3.05, 3.63) is 68.5 Å². The Morgan fingerprint density at radius 2 is 1.96 bits per heavy atom. The highest BCUT2D eigenvalue weighted by atomic mass is 16.5. The van der Waals surface area contributed by atoms with Crippen LogP contribution in [0.5, 0.6) is 0 Å². The summed E-state index contributed by atoms with van der Waals surface area (Å²) in [6.07, 6.45) is 1.86. The van der Waals surface area contributed by atoms with Crippen LogP contribution in [-0.4, -0.2) is 34.6 Å². The van der Waals surface area contributed by atoms with Gasteiger partial charge in [-0.2, -0.15) is 0 Å². The minimum atomic E-state index is -0.747. The number of nitrogens with one attached hydrogen (secondary N) is 2. The second kappa shape index (κ2) is 8.62. The summed E-state index contributed by atoms with van der Waals surface area (Å²) in [5.74, 6) is -1.17. The van der Waals surface area contributed by atoms with Gasteiger partial charge in [0.2, 0.25) is 0 Å². The molecule has 8 heteroatoms. The topological polar surface area (TPSA) is 110 Å². The van der Waals surface area contributed by atoms with Crippen molar-refractivity contribution in [3.8, 4) is 0 Å². The minimum Gasteiger partial charge on any atom is -0.454 e. The molecule has 0 atom stereocenters. The fourth-order valence-electron chi connectivity index (χ4n) is 2.18. The van der Waals surface area contributed by atoms with Gasteiger partial charge in [0.05, 0.1) is 0 Å². The van der Waals surface area contributed by atoms with Gasteiger partial charge in [0.25, 0.3) is 11.5 Å². The SMILES string of the molecule is Cc1ccccc1CCNC(=O)COC(=O)Cn1ccc(=O)[nH]c1=O. The maximum absolute atomic E-state index is 11.7. The van der Waals surface area contributed by atoms with Crippen molar-refractivity contribution in [1.29, 1.82) is 0 Å². The van der Waals surface area contributed by atoms with E-state index in [2.05, 4.69) is 5.32 Å². The van der Waals surface area contributed by atoms with Gasteiger partial charge in [0, 0.05) is 18.8 Å². The Bertz CT molecular complexity index is 869. The monoisotopic (exact) mass is 345 g/mol. The highest BCUT2D eigenvalue weighted by molar-refractivity contribution is 5.80. The Hall–Kier alpha value is -3.16. The number of aryl methyl sites for hydroxylation is 1. The first kappa shape index (κ1) is 18.2. The van der Waals surface area contributed by atoms with E-state index in [-0.39, 0.29) is 6.54 Å². The molecule has 0 aliphatic rings. The molecule has 25 heavy (non-hydrogen) atoms. The quantitative estimate of drug-likeness (QED) is 0.672. The number of aromatic amines is 1. The van der Waals surface area contributed by atoms with Crippen LogP contribution in [0.1, 0.15) is 11.1 Å². The standard InChI is InChI=1S/C17H19N3O5/c1-12-4-2-3-5-13(12)6-8-18-15(22)11-25-16(23)10-20-9-7-14(21)19-17(20)24/h2-5,7,9H,6,8,10-11H2,1H3,(H,18,22)(H,19,21,24). The number of rotatable bonds is 7. The second-order valence-electron chi connectivity index (χ2n) is 5.43. The van der Waals surface area contributed by atoms with Crippen molar-refractivity contribution in [2.75, 3.05) is 13.2 Å². The first-order chi connectivity index (χ1) is 12.0. The molecule has 1 amide bonds. The van der Waals surface area contributed by atoms with E-state index in [4.69, 9.17) is 4.74 Å². The Morgan fingerprint density at radius 3 is 2.68 bits per heavy atom. The summed E-state index contributed by atoms with van der Waals surface area (Å²) in [6.45, 7) is 1.62. The molecule has 0 aliphatic heterocycles. The number of nitrogens with zero attached hydrogens (tertiary/aromatic N) is 1. The van der Waals surface area contributed by atoms with Gasteiger partial charge in [-0.1, -0.05) is 24.3 Å². The van der Waals surface area contributed by atoms with Crippen LogP contribution in [0.4, 0.5) is 0 Å². The molecule has 2 N–H and O–H groups in total. The van der Waals surface area contributed by atoms with E-state index in [1.165, 1.54) is 6.20 Å². The Kier molecular flexibility index (Phi) is 6.27. The highest BCUT2D eigenvalue weighted by Gasteiger charge is 2.09. The minimum absolute atomic E-state index is 0.383. The number of H-pyrrole nitrogens is 1. The molecule has 0 saturated heterocycles. The number of esters is 1. The Labute approximate surface area is 143 Å². The number of amides is 1. The summed E-state index contributed by atoms with van der Waals surface area (Å²) in [4.78, 5) is 47.7. The molecule has 2 rings (SSSR count). The van der Waals surface area contributed by atoms with Gasteiger partial charge in [-0.05, 0) is 24.5 Å². The zero-order chi connectivity index (χ0) is 18.2. The first-order valence-electron chi connectivity index (χ1n) is 7.72. The van der Waals surface area contributed by atoms with Crippen molar-refractivity contribution in [2.45, 2.75) is 19.9 Å². The van der Waals surface area contributed by atoms with E-state index in [1.54, 1.807) is 0 Å². The molecule has 0 fully saturated rings. The molecule has 1 aromatic heterocycles. The molecule has 0 saturated carbocycles. The number of carbonyl (C=O) groups excluding carboxylic acids is 2. The maximum atomic E-state index is 11.7. The average molecular weight is 345 g/mol. The fourth-order valence-corrected chi connectivity index (χ4v) is 2.18. The smallest absolute Gasteiger partial charge is 0.328 e. The fraction of sp³-hybridized carbons (Fsp3) is 0.294. The third kappa shape index (κ3) is 5.76. The van der Waals surface area contributed by atoms with Gasteiger partial charge in [-0.3, -0.25) is 23.9 Å². The molecule has 2 aromatic rings.